The van der Waals surface area contributed by atoms with Gasteiger partial charge in [0.15, 0.2) is 0 Å². The molecular formula is C11H22O. The van der Waals surface area contributed by atoms with Crippen molar-refractivity contribution >= 4 is 0 Å². The normalized spacial score (nSPS) is 21.2. The van der Waals surface area contributed by atoms with Gasteiger partial charge in [0.05, 0.1) is 0 Å². The standard InChI is InChI=1S/C11H22O/c1-11(2,3)7-4-10-5-8-12-9-6-10/h10H,4-9H2,1-3H3. The minimum Gasteiger partial charge on any atom is -0.381 e. The van der Waals surface area contributed by atoms with Crippen LogP contribution in [-0.2, 0) is 4.74 Å². The van der Waals surface area contributed by atoms with Crippen molar-refractivity contribution in [2.24, 2.45) is 11.3 Å². The zero-order chi connectivity index (χ0) is 9.03. The van der Waals surface area contributed by atoms with Gasteiger partial charge in [0, 0.05) is 13.2 Å². The highest BCUT2D eigenvalue weighted by Crippen LogP contribution is 2.27. The molecule has 1 saturated heterocycles. The Labute approximate surface area is 76.5 Å². The van der Waals surface area contributed by atoms with Gasteiger partial charge in [0.1, 0.15) is 0 Å². The molecule has 1 aliphatic heterocycles. The van der Waals surface area contributed by atoms with E-state index in [0.29, 0.717) is 5.41 Å². The minimum atomic E-state index is 0.512. The number of hydrogen-bond donors (Lipinski definition) is 0. The van der Waals surface area contributed by atoms with Gasteiger partial charge in [-0.2, -0.15) is 0 Å². The molecule has 0 atom stereocenters. The zero-order valence-electron chi connectivity index (χ0n) is 8.73. The summed E-state index contributed by atoms with van der Waals surface area (Å²) in [5.74, 6) is 0.943. The lowest BCUT2D eigenvalue weighted by atomic mass is 9.84. The lowest BCUT2D eigenvalue weighted by molar-refractivity contribution is 0.0603. The summed E-state index contributed by atoms with van der Waals surface area (Å²) in [5.41, 5.74) is 0.512. The Hall–Kier alpha value is -0.0400. The molecule has 0 N–H and O–H groups in total. The lowest BCUT2D eigenvalue weighted by Crippen LogP contribution is -2.17. The van der Waals surface area contributed by atoms with E-state index in [2.05, 4.69) is 20.8 Å². The first kappa shape index (κ1) is 10.0. The van der Waals surface area contributed by atoms with Gasteiger partial charge in [-0.3, -0.25) is 0 Å². The Bertz CT molecular complexity index is 117. The van der Waals surface area contributed by atoms with Crippen LogP contribution >= 0.6 is 0 Å². The van der Waals surface area contributed by atoms with Crippen molar-refractivity contribution in [3.05, 3.63) is 0 Å². The quantitative estimate of drug-likeness (QED) is 0.618. The predicted octanol–water partition coefficient (Wildman–Crippen LogP) is 3.24. The number of rotatable bonds is 2. The van der Waals surface area contributed by atoms with Crippen molar-refractivity contribution in [1.82, 2.24) is 0 Å². The molecule has 1 fully saturated rings. The van der Waals surface area contributed by atoms with E-state index in [4.69, 9.17) is 4.74 Å². The molecule has 1 rings (SSSR count). The second-order valence-electron chi connectivity index (χ2n) is 5.16. The van der Waals surface area contributed by atoms with Crippen LogP contribution in [0, 0.1) is 11.3 Å². The third-order valence-electron chi connectivity index (χ3n) is 2.64. The Kier molecular flexibility index (Phi) is 3.57. The fraction of sp³-hybridized carbons (Fsp3) is 1.00. The minimum absolute atomic E-state index is 0.512. The van der Waals surface area contributed by atoms with Gasteiger partial charge in [0.25, 0.3) is 0 Å². The number of hydrogen-bond acceptors (Lipinski definition) is 1. The maximum atomic E-state index is 5.33. The van der Waals surface area contributed by atoms with Crippen LogP contribution in [-0.4, -0.2) is 13.2 Å². The van der Waals surface area contributed by atoms with Crippen LogP contribution in [0.3, 0.4) is 0 Å². The summed E-state index contributed by atoms with van der Waals surface area (Å²) in [6.45, 7) is 8.97. The molecule has 1 heteroatoms. The van der Waals surface area contributed by atoms with Crippen LogP contribution in [0.15, 0.2) is 0 Å². The van der Waals surface area contributed by atoms with Crippen molar-refractivity contribution in [3.8, 4) is 0 Å². The Morgan fingerprint density at radius 2 is 1.75 bits per heavy atom. The van der Waals surface area contributed by atoms with Crippen LogP contribution in [0.25, 0.3) is 0 Å². The summed E-state index contributed by atoms with van der Waals surface area (Å²) in [5, 5.41) is 0. The Balaban J connectivity index is 2.13. The molecule has 0 aromatic carbocycles. The summed E-state index contributed by atoms with van der Waals surface area (Å²) < 4.78 is 5.33. The molecule has 0 unspecified atom stereocenters. The van der Waals surface area contributed by atoms with Gasteiger partial charge in [-0.25, -0.2) is 0 Å². The third kappa shape index (κ3) is 4.10. The van der Waals surface area contributed by atoms with Crippen LogP contribution in [0.2, 0.25) is 0 Å². The molecule has 0 saturated carbocycles. The van der Waals surface area contributed by atoms with Crippen LogP contribution in [0.4, 0.5) is 0 Å². The lowest BCUT2D eigenvalue weighted by Gasteiger charge is -2.25. The molecule has 0 radical (unpaired) electrons. The molecule has 12 heavy (non-hydrogen) atoms. The molecule has 0 spiro atoms. The molecule has 72 valence electrons. The van der Waals surface area contributed by atoms with E-state index in [-0.39, 0.29) is 0 Å². The van der Waals surface area contributed by atoms with Crippen molar-refractivity contribution in [2.75, 3.05) is 13.2 Å². The maximum Gasteiger partial charge on any atom is 0.0468 e. The average Bonchev–Trinajstić information content (AvgIpc) is 2.02. The molecule has 0 aliphatic carbocycles. The first-order chi connectivity index (χ1) is 5.58. The van der Waals surface area contributed by atoms with Gasteiger partial charge < -0.3 is 4.74 Å². The fourth-order valence-electron chi connectivity index (χ4n) is 1.67. The van der Waals surface area contributed by atoms with E-state index in [1.165, 1.54) is 25.7 Å². The third-order valence-corrected chi connectivity index (χ3v) is 2.64. The van der Waals surface area contributed by atoms with Crippen LogP contribution < -0.4 is 0 Å². The van der Waals surface area contributed by atoms with Crippen molar-refractivity contribution < 1.29 is 4.74 Å². The second-order valence-corrected chi connectivity index (χ2v) is 5.16. The maximum absolute atomic E-state index is 5.33. The van der Waals surface area contributed by atoms with Gasteiger partial charge in [-0.05, 0) is 37.0 Å². The van der Waals surface area contributed by atoms with Gasteiger partial charge in [-0.1, -0.05) is 20.8 Å². The smallest absolute Gasteiger partial charge is 0.0468 e. The molecule has 1 nitrogen and oxygen atoms in total. The van der Waals surface area contributed by atoms with Crippen LogP contribution in [0.1, 0.15) is 46.5 Å². The molecule has 0 aromatic heterocycles. The second kappa shape index (κ2) is 4.27. The fourth-order valence-corrected chi connectivity index (χ4v) is 1.67. The molecule has 1 aliphatic rings. The summed E-state index contributed by atoms with van der Waals surface area (Å²) >= 11 is 0. The summed E-state index contributed by atoms with van der Waals surface area (Å²) in [7, 11) is 0. The molecule has 0 aromatic rings. The van der Waals surface area contributed by atoms with E-state index in [0.717, 1.165) is 19.1 Å². The van der Waals surface area contributed by atoms with Gasteiger partial charge in [0.2, 0.25) is 0 Å². The molecular weight excluding hydrogens is 148 g/mol. The number of ether oxygens (including phenoxy) is 1. The monoisotopic (exact) mass is 170 g/mol. The summed E-state index contributed by atoms with van der Waals surface area (Å²) in [6, 6.07) is 0. The molecule has 0 bridgehead atoms. The van der Waals surface area contributed by atoms with E-state index >= 15 is 0 Å². The average molecular weight is 170 g/mol. The highest BCUT2D eigenvalue weighted by molar-refractivity contribution is 4.68. The van der Waals surface area contributed by atoms with Crippen molar-refractivity contribution in [1.29, 1.82) is 0 Å². The molecule has 0 amide bonds. The van der Waals surface area contributed by atoms with Crippen LogP contribution in [0.5, 0.6) is 0 Å². The highest BCUT2D eigenvalue weighted by Gasteiger charge is 2.17. The Morgan fingerprint density at radius 1 is 1.17 bits per heavy atom. The van der Waals surface area contributed by atoms with E-state index in [9.17, 15) is 0 Å². The largest absolute Gasteiger partial charge is 0.381 e. The summed E-state index contributed by atoms with van der Waals surface area (Å²) in [4.78, 5) is 0. The van der Waals surface area contributed by atoms with Gasteiger partial charge >= 0.3 is 0 Å². The first-order valence-electron chi connectivity index (χ1n) is 5.16. The van der Waals surface area contributed by atoms with Gasteiger partial charge in [-0.15, -0.1) is 0 Å². The Morgan fingerprint density at radius 3 is 2.25 bits per heavy atom. The van der Waals surface area contributed by atoms with E-state index in [1.54, 1.807) is 0 Å². The van der Waals surface area contributed by atoms with Crippen molar-refractivity contribution in [2.45, 2.75) is 46.5 Å². The van der Waals surface area contributed by atoms with E-state index < -0.39 is 0 Å². The zero-order valence-corrected chi connectivity index (χ0v) is 8.73. The predicted molar refractivity (Wildman–Crippen MR) is 52.2 cm³/mol. The molecule has 1 heterocycles. The SMILES string of the molecule is CC(C)(C)CCC1CCOCC1. The van der Waals surface area contributed by atoms with E-state index in [1.807, 2.05) is 0 Å². The highest BCUT2D eigenvalue weighted by atomic mass is 16.5. The topological polar surface area (TPSA) is 9.23 Å². The first-order valence-corrected chi connectivity index (χ1v) is 5.16. The summed E-state index contributed by atoms with van der Waals surface area (Å²) in [6.07, 6.45) is 5.33. The van der Waals surface area contributed by atoms with Crippen molar-refractivity contribution in [3.63, 3.8) is 0 Å².